The summed E-state index contributed by atoms with van der Waals surface area (Å²) >= 11 is 0. The highest BCUT2D eigenvalue weighted by Gasteiger charge is 2.12. The van der Waals surface area contributed by atoms with Crippen LogP contribution in [-0.4, -0.2) is 44.0 Å². The molecule has 0 saturated carbocycles. The third-order valence-corrected chi connectivity index (χ3v) is 4.14. The number of benzene rings is 1. The summed E-state index contributed by atoms with van der Waals surface area (Å²) in [5, 5.41) is 10.0. The van der Waals surface area contributed by atoms with Crippen molar-refractivity contribution in [3.8, 4) is 0 Å². The van der Waals surface area contributed by atoms with Crippen molar-refractivity contribution < 1.29 is 18.3 Å². The molecule has 0 radical (unpaired) electrons. The first-order valence-corrected chi connectivity index (χ1v) is 7.79. The van der Waals surface area contributed by atoms with E-state index < -0.39 is 21.8 Å². The molecule has 110 valence electrons. The van der Waals surface area contributed by atoms with Crippen LogP contribution in [0.2, 0.25) is 0 Å². The second-order valence-corrected chi connectivity index (χ2v) is 6.39. The van der Waals surface area contributed by atoms with Crippen molar-refractivity contribution in [2.75, 3.05) is 13.6 Å². The maximum Gasteiger partial charge on any atom is 0.247 e. The molecular formula is C14H19NO4S. The van der Waals surface area contributed by atoms with Crippen LogP contribution in [0.5, 0.6) is 0 Å². The molecule has 0 saturated heterocycles. The fourth-order valence-electron chi connectivity index (χ4n) is 1.45. The first kappa shape index (κ1) is 16.4. The van der Waals surface area contributed by atoms with E-state index in [1.165, 1.54) is 17.0 Å². The van der Waals surface area contributed by atoms with Crippen LogP contribution >= 0.6 is 0 Å². The second kappa shape index (κ2) is 7.21. The topological polar surface area (TPSA) is 74.7 Å². The zero-order chi connectivity index (χ0) is 15.2. The summed E-state index contributed by atoms with van der Waals surface area (Å²) in [6.07, 6.45) is 0.980. The van der Waals surface area contributed by atoms with E-state index in [1.807, 2.05) is 0 Å². The summed E-state index contributed by atoms with van der Waals surface area (Å²) in [7, 11) is -2.04. The zero-order valence-electron chi connectivity index (χ0n) is 11.6. The number of rotatable bonds is 6. The molecule has 0 spiro atoms. The average molecular weight is 297 g/mol. The second-order valence-electron chi connectivity index (χ2n) is 4.56. The van der Waals surface area contributed by atoms with Crippen molar-refractivity contribution in [1.29, 1.82) is 0 Å². The van der Waals surface area contributed by atoms with Crippen molar-refractivity contribution in [1.82, 2.24) is 4.90 Å². The molecule has 1 N–H and O–H groups in total. The molecule has 6 heteroatoms. The van der Waals surface area contributed by atoms with Gasteiger partial charge in [0.05, 0.1) is 11.0 Å². The van der Waals surface area contributed by atoms with Crippen LogP contribution in [0, 0.1) is 0 Å². The van der Waals surface area contributed by atoms with Crippen LogP contribution in [0.15, 0.2) is 46.7 Å². The monoisotopic (exact) mass is 297 g/mol. The highest BCUT2D eigenvalue weighted by molar-refractivity contribution is 7.94. The normalized spacial score (nSPS) is 13.3. The summed E-state index contributed by atoms with van der Waals surface area (Å²) in [5.41, 5.74) is 0. The van der Waals surface area contributed by atoms with Gasteiger partial charge in [-0.05, 0) is 25.5 Å². The molecule has 5 nitrogen and oxygen atoms in total. The SMILES string of the molecule is CC(O)CCN(C)C(=O)/C=C/S(=O)(=O)c1ccccc1. The molecule has 1 rings (SSSR count). The number of aliphatic hydroxyl groups excluding tert-OH is 1. The fourth-order valence-corrected chi connectivity index (χ4v) is 2.44. The molecule has 0 aliphatic rings. The van der Waals surface area contributed by atoms with Gasteiger partial charge in [0.1, 0.15) is 0 Å². The highest BCUT2D eigenvalue weighted by Crippen LogP contribution is 2.11. The number of hydrogen-bond donors (Lipinski definition) is 1. The summed E-state index contributed by atoms with van der Waals surface area (Å²) < 4.78 is 23.9. The molecule has 1 atom stereocenters. The van der Waals surface area contributed by atoms with E-state index in [0.717, 1.165) is 11.5 Å². The largest absolute Gasteiger partial charge is 0.393 e. The summed E-state index contributed by atoms with van der Waals surface area (Å²) in [6.45, 7) is 2.00. The Balaban J connectivity index is 2.70. The van der Waals surface area contributed by atoms with Gasteiger partial charge in [0.2, 0.25) is 5.91 Å². The molecule has 1 amide bonds. The molecule has 20 heavy (non-hydrogen) atoms. The van der Waals surface area contributed by atoms with Gasteiger partial charge in [-0.3, -0.25) is 4.79 Å². The van der Waals surface area contributed by atoms with Gasteiger partial charge in [-0.1, -0.05) is 18.2 Å². The number of carbonyl (C=O) groups excluding carboxylic acids is 1. The Bertz CT molecular complexity index is 564. The lowest BCUT2D eigenvalue weighted by Crippen LogP contribution is -2.27. The van der Waals surface area contributed by atoms with E-state index in [9.17, 15) is 13.2 Å². The number of amides is 1. The Hall–Kier alpha value is -1.66. The number of aliphatic hydroxyl groups is 1. The van der Waals surface area contributed by atoms with Gasteiger partial charge in [-0.25, -0.2) is 8.42 Å². The van der Waals surface area contributed by atoms with Crippen molar-refractivity contribution in [3.05, 3.63) is 41.8 Å². The van der Waals surface area contributed by atoms with Gasteiger partial charge >= 0.3 is 0 Å². The smallest absolute Gasteiger partial charge is 0.247 e. The first-order chi connectivity index (χ1) is 9.33. The lowest BCUT2D eigenvalue weighted by atomic mass is 10.3. The zero-order valence-corrected chi connectivity index (χ0v) is 12.4. The van der Waals surface area contributed by atoms with Gasteiger partial charge in [0.25, 0.3) is 0 Å². The van der Waals surface area contributed by atoms with Crippen LogP contribution < -0.4 is 0 Å². The average Bonchev–Trinajstić information content (AvgIpc) is 2.43. The Morgan fingerprint density at radius 3 is 2.50 bits per heavy atom. The number of nitrogens with zero attached hydrogens (tertiary/aromatic N) is 1. The molecule has 0 fully saturated rings. The predicted molar refractivity (Wildman–Crippen MR) is 76.7 cm³/mol. The van der Waals surface area contributed by atoms with E-state index >= 15 is 0 Å². The summed E-state index contributed by atoms with van der Waals surface area (Å²) in [5.74, 6) is -0.412. The minimum atomic E-state index is -3.60. The Labute approximate surface area is 119 Å². The number of sulfone groups is 1. The minimum Gasteiger partial charge on any atom is -0.393 e. The molecule has 0 bridgehead atoms. The van der Waals surface area contributed by atoms with E-state index in [0.29, 0.717) is 13.0 Å². The molecule has 1 aromatic carbocycles. The molecule has 1 unspecified atom stereocenters. The van der Waals surface area contributed by atoms with E-state index in [-0.39, 0.29) is 4.90 Å². The third kappa shape index (κ3) is 5.14. The quantitative estimate of drug-likeness (QED) is 0.801. The Kier molecular flexibility index (Phi) is 5.91. The number of carbonyl (C=O) groups is 1. The number of hydrogen-bond acceptors (Lipinski definition) is 4. The van der Waals surface area contributed by atoms with Gasteiger partial charge < -0.3 is 10.0 Å². The van der Waals surface area contributed by atoms with E-state index in [4.69, 9.17) is 5.11 Å². The maximum absolute atomic E-state index is 11.9. The molecule has 1 aromatic rings. The van der Waals surface area contributed by atoms with Crippen LogP contribution in [0.1, 0.15) is 13.3 Å². The van der Waals surface area contributed by atoms with Crippen molar-refractivity contribution in [2.24, 2.45) is 0 Å². The number of likely N-dealkylation sites (N-methyl/N-ethyl adjacent to an activating group) is 1. The van der Waals surface area contributed by atoms with Crippen LogP contribution in [0.3, 0.4) is 0 Å². The van der Waals surface area contributed by atoms with Gasteiger partial charge in [-0.2, -0.15) is 0 Å². The van der Waals surface area contributed by atoms with E-state index in [2.05, 4.69) is 0 Å². The third-order valence-electron chi connectivity index (χ3n) is 2.72. The molecule has 0 aliphatic heterocycles. The summed E-state index contributed by atoms with van der Waals surface area (Å²) in [4.78, 5) is 13.2. The van der Waals surface area contributed by atoms with Crippen LogP contribution in [0.4, 0.5) is 0 Å². The molecule has 0 aliphatic carbocycles. The van der Waals surface area contributed by atoms with Gasteiger partial charge in [-0.15, -0.1) is 0 Å². The lowest BCUT2D eigenvalue weighted by Gasteiger charge is -2.15. The molecular weight excluding hydrogens is 278 g/mol. The Morgan fingerprint density at radius 2 is 1.95 bits per heavy atom. The highest BCUT2D eigenvalue weighted by atomic mass is 32.2. The van der Waals surface area contributed by atoms with Crippen molar-refractivity contribution in [2.45, 2.75) is 24.3 Å². The Morgan fingerprint density at radius 1 is 1.35 bits per heavy atom. The predicted octanol–water partition coefficient (Wildman–Crippen LogP) is 1.20. The first-order valence-electron chi connectivity index (χ1n) is 6.24. The van der Waals surface area contributed by atoms with Crippen LogP contribution in [-0.2, 0) is 14.6 Å². The van der Waals surface area contributed by atoms with E-state index in [1.54, 1.807) is 32.2 Å². The molecule has 0 aromatic heterocycles. The summed E-state index contributed by atoms with van der Waals surface area (Å²) in [6, 6.07) is 7.91. The lowest BCUT2D eigenvalue weighted by molar-refractivity contribution is -0.125. The van der Waals surface area contributed by atoms with Gasteiger partial charge in [0, 0.05) is 25.1 Å². The maximum atomic E-state index is 11.9. The minimum absolute atomic E-state index is 0.149. The van der Waals surface area contributed by atoms with Crippen molar-refractivity contribution >= 4 is 15.7 Å². The van der Waals surface area contributed by atoms with Gasteiger partial charge in [0.15, 0.2) is 9.84 Å². The molecule has 0 heterocycles. The van der Waals surface area contributed by atoms with Crippen molar-refractivity contribution in [3.63, 3.8) is 0 Å². The standard InChI is InChI=1S/C14H19NO4S/c1-12(16)8-10-15(2)14(17)9-11-20(18,19)13-6-4-3-5-7-13/h3-7,9,11-12,16H,8,10H2,1-2H3/b11-9+. The van der Waals surface area contributed by atoms with Crippen LogP contribution in [0.25, 0.3) is 0 Å². The fraction of sp³-hybridized carbons (Fsp3) is 0.357.